The number of aromatic carboxylic acids is 1. The highest BCUT2D eigenvalue weighted by Crippen LogP contribution is 2.28. The molecule has 0 unspecified atom stereocenters. The first kappa shape index (κ1) is 28.9. The molecule has 206 valence electrons. The molecule has 0 saturated carbocycles. The van der Waals surface area contributed by atoms with E-state index in [1.54, 1.807) is 18.3 Å². The monoisotopic (exact) mass is 555 g/mol. The minimum absolute atomic E-state index is 0.257. The maximum atomic E-state index is 11.2. The fourth-order valence-corrected chi connectivity index (χ4v) is 4.87. The lowest BCUT2D eigenvalue weighted by Crippen LogP contribution is -1.98. The van der Waals surface area contributed by atoms with Gasteiger partial charge in [0.15, 0.2) is 0 Å². The van der Waals surface area contributed by atoms with Gasteiger partial charge >= 0.3 is 5.97 Å². The van der Waals surface area contributed by atoms with Crippen LogP contribution in [0.15, 0.2) is 89.6 Å². The van der Waals surface area contributed by atoms with E-state index in [0.29, 0.717) is 6.61 Å². The van der Waals surface area contributed by atoms with Crippen LogP contribution in [0.3, 0.4) is 0 Å². The number of ether oxygens (including phenoxy) is 1. The summed E-state index contributed by atoms with van der Waals surface area (Å²) in [6.07, 6.45) is 3.94. The molecule has 5 aromatic rings. The number of fused-ring (bicyclic) bond motifs is 1. The van der Waals surface area contributed by atoms with Crippen molar-refractivity contribution in [3.8, 4) is 16.9 Å². The van der Waals surface area contributed by atoms with Gasteiger partial charge in [0, 0.05) is 10.9 Å². The van der Waals surface area contributed by atoms with E-state index in [9.17, 15) is 9.90 Å². The second-order valence-corrected chi connectivity index (χ2v) is 10.5. The van der Waals surface area contributed by atoms with Gasteiger partial charge < -0.3 is 14.4 Å². The number of halogens is 1. The van der Waals surface area contributed by atoms with Crippen molar-refractivity contribution in [2.75, 3.05) is 0 Å². The Balaban J connectivity index is 0.000000283. The summed E-state index contributed by atoms with van der Waals surface area (Å²) in [5, 5.41) is 15.9. The Morgan fingerprint density at radius 2 is 1.70 bits per heavy atom. The molecule has 1 aromatic heterocycles. The van der Waals surface area contributed by atoms with Gasteiger partial charge in [-0.15, -0.1) is 0 Å². The van der Waals surface area contributed by atoms with Crippen molar-refractivity contribution in [3.63, 3.8) is 0 Å². The van der Waals surface area contributed by atoms with Gasteiger partial charge in [-0.05, 0) is 82.8 Å². The van der Waals surface area contributed by atoms with E-state index >= 15 is 0 Å². The van der Waals surface area contributed by atoms with Crippen molar-refractivity contribution in [1.29, 1.82) is 0 Å². The lowest BCUT2D eigenvalue weighted by molar-refractivity contribution is 0.0697. The van der Waals surface area contributed by atoms with Crippen molar-refractivity contribution in [3.05, 3.63) is 118 Å². The first-order chi connectivity index (χ1) is 19.3. The van der Waals surface area contributed by atoms with Gasteiger partial charge in [0.2, 0.25) is 0 Å². The van der Waals surface area contributed by atoms with Crippen LogP contribution in [-0.2, 0) is 13.0 Å². The summed E-state index contributed by atoms with van der Waals surface area (Å²) >= 11 is 6.01. The summed E-state index contributed by atoms with van der Waals surface area (Å²) in [5.41, 5.74) is 5.90. The van der Waals surface area contributed by atoms with Crippen LogP contribution in [0.5, 0.6) is 5.75 Å². The Bertz CT molecular complexity index is 1570. The van der Waals surface area contributed by atoms with Gasteiger partial charge in [-0.2, -0.15) is 0 Å². The van der Waals surface area contributed by atoms with Crippen molar-refractivity contribution in [2.45, 2.75) is 53.1 Å². The molecule has 0 aliphatic rings. The summed E-state index contributed by atoms with van der Waals surface area (Å²) in [7, 11) is 0. The highest BCUT2D eigenvalue weighted by Gasteiger charge is 2.12. The Morgan fingerprint density at radius 3 is 2.38 bits per heavy atom. The number of carboxylic acids is 1. The van der Waals surface area contributed by atoms with Crippen LogP contribution in [0.25, 0.3) is 21.9 Å². The lowest BCUT2D eigenvalue weighted by Gasteiger charge is -2.09. The molecule has 0 aliphatic carbocycles. The number of carboxylic acid groups (broad SMARTS) is 1. The molecule has 5 nitrogen and oxygen atoms in total. The molecule has 0 saturated heterocycles. The summed E-state index contributed by atoms with van der Waals surface area (Å²) in [4.78, 5) is 11.2. The van der Waals surface area contributed by atoms with Crippen molar-refractivity contribution in [1.82, 2.24) is 5.16 Å². The molecule has 0 bridgehead atoms. The van der Waals surface area contributed by atoms with Crippen molar-refractivity contribution in [2.24, 2.45) is 0 Å². The molecule has 0 fully saturated rings. The van der Waals surface area contributed by atoms with Crippen LogP contribution in [0, 0.1) is 6.92 Å². The molecule has 0 spiro atoms. The summed E-state index contributed by atoms with van der Waals surface area (Å²) in [5.74, 6) is 0.942. The molecule has 0 radical (unpaired) electrons. The summed E-state index contributed by atoms with van der Waals surface area (Å²) < 4.78 is 11.2. The van der Waals surface area contributed by atoms with Gasteiger partial charge in [-0.3, -0.25) is 0 Å². The van der Waals surface area contributed by atoms with Crippen LogP contribution in [0.2, 0.25) is 5.02 Å². The number of aryl methyl sites for hydroxylation is 1. The molecule has 1 N–H and O–H groups in total. The van der Waals surface area contributed by atoms with Crippen LogP contribution < -0.4 is 4.74 Å². The normalized spacial score (nSPS) is 10.8. The molecule has 0 atom stereocenters. The van der Waals surface area contributed by atoms with Crippen molar-refractivity contribution < 1.29 is 19.2 Å². The second kappa shape index (κ2) is 13.3. The van der Waals surface area contributed by atoms with Crippen LogP contribution in [-0.4, -0.2) is 16.2 Å². The summed E-state index contributed by atoms with van der Waals surface area (Å²) in [6, 6.07) is 25.1. The predicted molar refractivity (Wildman–Crippen MR) is 161 cm³/mol. The first-order valence-corrected chi connectivity index (χ1v) is 13.8. The number of hydrogen-bond donors (Lipinski definition) is 1. The average Bonchev–Trinajstić information content (AvgIpc) is 3.43. The van der Waals surface area contributed by atoms with E-state index in [2.05, 4.69) is 38.9 Å². The SMILES string of the molecule is CC(C)c1oncc1COc1ccc(-c2ccc3ccc(C(=O)O)cc3c2)cc1.CCCc1c(C)cccc1Cl. The fraction of sp³-hybridized carbons (Fsp3) is 0.235. The lowest BCUT2D eigenvalue weighted by atomic mass is 10.00. The first-order valence-electron chi connectivity index (χ1n) is 13.4. The number of rotatable bonds is 8. The zero-order valence-corrected chi connectivity index (χ0v) is 24.0. The van der Waals surface area contributed by atoms with Crippen LogP contribution in [0.4, 0.5) is 0 Å². The molecule has 1 heterocycles. The summed E-state index contributed by atoms with van der Waals surface area (Å²) in [6.45, 7) is 8.80. The maximum Gasteiger partial charge on any atom is 0.335 e. The number of aromatic nitrogens is 1. The quantitative estimate of drug-likeness (QED) is 0.206. The Hall–Kier alpha value is -4.09. The van der Waals surface area contributed by atoms with Gasteiger partial charge in [0.05, 0.1) is 17.3 Å². The Kier molecular flexibility index (Phi) is 9.62. The van der Waals surface area contributed by atoms with E-state index in [1.165, 1.54) is 11.1 Å². The van der Waals surface area contributed by atoms with Crippen LogP contribution in [0.1, 0.15) is 65.9 Å². The third kappa shape index (κ3) is 7.10. The van der Waals surface area contributed by atoms with E-state index in [-0.39, 0.29) is 11.5 Å². The maximum absolute atomic E-state index is 11.2. The van der Waals surface area contributed by atoms with E-state index < -0.39 is 5.97 Å². The molecule has 40 heavy (non-hydrogen) atoms. The van der Waals surface area contributed by atoms with Gasteiger partial charge in [0.1, 0.15) is 18.1 Å². The third-order valence-corrected chi connectivity index (χ3v) is 7.08. The molecule has 0 aliphatic heterocycles. The fourth-order valence-electron chi connectivity index (χ4n) is 4.55. The third-order valence-electron chi connectivity index (χ3n) is 6.72. The Morgan fingerprint density at radius 1 is 0.975 bits per heavy atom. The number of carbonyl (C=O) groups is 1. The highest BCUT2D eigenvalue weighted by molar-refractivity contribution is 6.31. The Labute approximate surface area is 240 Å². The predicted octanol–water partition coefficient (Wildman–Crippen LogP) is 9.50. The molecule has 6 heteroatoms. The smallest absolute Gasteiger partial charge is 0.335 e. The van der Waals surface area contributed by atoms with E-state index in [4.69, 9.17) is 20.9 Å². The minimum Gasteiger partial charge on any atom is -0.489 e. The average molecular weight is 556 g/mol. The van der Waals surface area contributed by atoms with Crippen molar-refractivity contribution >= 4 is 28.3 Å². The van der Waals surface area contributed by atoms with Gasteiger partial charge in [-0.1, -0.05) is 86.4 Å². The molecule has 5 rings (SSSR count). The van der Waals surface area contributed by atoms with Gasteiger partial charge in [-0.25, -0.2) is 4.79 Å². The minimum atomic E-state index is -0.924. The number of nitrogens with zero attached hydrogens (tertiary/aromatic N) is 1. The molecule has 0 amide bonds. The van der Waals surface area contributed by atoms with E-state index in [1.807, 2.05) is 60.7 Å². The topological polar surface area (TPSA) is 72.6 Å². The molecular formula is C34H34ClNO4. The molecular weight excluding hydrogens is 522 g/mol. The zero-order chi connectivity index (χ0) is 28.6. The number of benzene rings is 4. The second-order valence-electron chi connectivity index (χ2n) is 10.1. The highest BCUT2D eigenvalue weighted by atomic mass is 35.5. The number of hydrogen-bond acceptors (Lipinski definition) is 4. The standard InChI is InChI=1S/C24H21NO4.C10H13Cl/c1-15(2)23-21(13-25-29-23)14-28-22-9-7-16(8-10-22)18-5-3-17-4-6-19(24(26)27)12-20(17)11-18;1-3-5-9-8(2)6-4-7-10(9)11/h3-13,15H,14H2,1-2H3,(H,26,27);4,6-7H,3,5H2,1-2H3. The molecule has 4 aromatic carbocycles. The van der Waals surface area contributed by atoms with E-state index in [0.717, 1.165) is 56.8 Å². The zero-order valence-electron chi connectivity index (χ0n) is 23.3. The van der Waals surface area contributed by atoms with Gasteiger partial charge in [0.25, 0.3) is 0 Å². The largest absolute Gasteiger partial charge is 0.489 e. The van der Waals surface area contributed by atoms with Crippen LogP contribution >= 0.6 is 11.6 Å².